The lowest BCUT2D eigenvalue weighted by Gasteiger charge is -1.95. The van der Waals surface area contributed by atoms with Gasteiger partial charge in [0.25, 0.3) is 0 Å². The van der Waals surface area contributed by atoms with Crippen LogP contribution in [0.4, 0.5) is 0 Å². The van der Waals surface area contributed by atoms with Crippen molar-refractivity contribution in [1.82, 2.24) is 0 Å². The van der Waals surface area contributed by atoms with Crippen LogP contribution in [0.2, 0.25) is 0 Å². The predicted molar refractivity (Wildman–Crippen MR) is 60.0 cm³/mol. The predicted octanol–water partition coefficient (Wildman–Crippen LogP) is 2.32. The maximum atomic E-state index is 4.29. The van der Waals surface area contributed by atoms with E-state index in [4.69, 9.17) is 0 Å². The van der Waals surface area contributed by atoms with E-state index in [0.717, 1.165) is 22.8 Å². The highest BCUT2D eigenvalue weighted by Gasteiger charge is 1.91. The molecular formula is C9H11NS2. The second-order valence-electron chi connectivity index (χ2n) is 2.32. The SMILES string of the molecule is SCCN=Cc1ccccc1S. The quantitative estimate of drug-likeness (QED) is 0.545. The first kappa shape index (κ1) is 9.68. The van der Waals surface area contributed by atoms with Crippen LogP contribution in [0.1, 0.15) is 5.56 Å². The van der Waals surface area contributed by atoms with Crippen LogP contribution in [0.3, 0.4) is 0 Å². The van der Waals surface area contributed by atoms with Gasteiger partial charge in [0, 0.05) is 29.0 Å². The van der Waals surface area contributed by atoms with Crippen LogP contribution < -0.4 is 0 Å². The Kier molecular flexibility index (Phi) is 4.25. The molecule has 0 saturated heterocycles. The monoisotopic (exact) mass is 197 g/mol. The van der Waals surface area contributed by atoms with Crippen molar-refractivity contribution in [3.63, 3.8) is 0 Å². The summed E-state index contributed by atoms with van der Waals surface area (Å²) in [4.78, 5) is 5.13. The molecule has 0 spiro atoms. The Morgan fingerprint density at radius 2 is 2.08 bits per heavy atom. The van der Waals surface area contributed by atoms with Crippen molar-refractivity contribution < 1.29 is 0 Å². The molecule has 1 rings (SSSR count). The fourth-order valence-corrected chi connectivity index (χ4v) is 1.15. The van der Waals surface area contributed by atoms with Gasteiger partial charge in [-0.1, -0.05) is 18.2 Å². The van der Waals surface area contributed by atoms with Gasteiger partial charge in [0.1, 0.15) is 0 Å². The van der Waals surface area contributed by atoms with E-state index in [1.54, 1.807) is 0 Å². The van der Waals surface area contributed by atoms with Crippen LogP contribution in [0.25, 0.3) is 0 Å². The third kappa shape index (κ3) is 2.91. The highest BCUT2D eigenvalue weighted by molar-refractivity contribution is 7.80. The fraction of sp³-hybridized carbons (Fsp3) is 0.222. The van der Waals surface area contributed by atoms with Crippen molar-refractivity contribution in [3.8, 4) is 0 Å². The number of aliphatic imine (C=N–C) groups is 1. The first-order valence-electron chi connectivity index (χ1n) is 3.73. The minimum Gasteiger partial charge on any atom is -0.292 e. The van der Waals surface area contributed by atoms with Crippen molar-refractivity contribution in [1.29, 1.82) is 0 Å². The normalized spacial score (nSPS) is 10.8. The first-order chi connectivity index (χ1) is 5.84. The second kappa shape index (κ2) is 5.27. The zero-order valence-corrected chi connectivity index (χ0v) is 8.43. The van der Waals surface area contributed by atoms with Gasteiger partial charge in [-0.15, -0.1) is 12.6 Å². The van der Waals surface area contributed by atoms with Gasteiger partial charge in [-0.3, -0.25) is 4.99 Å². The van der Waals surface area contributed by atoms with Gasteiger partial charge in [0.2, 0.25) is 0 Å². The lowest BCUT2D eigenvalue weighted by molar-refractivity contribution is 1.16. The largest absolute Gasteiger partial charge is 0.292 e. The summed E-state index contributed by atoms with van der Waals surface area (Å²) in [6.45, 7) is 0.755. The number of hydrogen-bond donors (Lipinski definition) is 2. The summed E-state index contributed by atoms with van der Waals surface area (Å²) in [6, 6.07) is 7.87. The molecule has 1 aromatic rings. The molecule has 0 amide bonds. The third-order valence-corrected chi connectivity index (χ3v) is 2.00. The second-order valence-corrected chi connectivity index (χ2v) is 3.25. The average molecular weight is 197 g/mol. The summed E-state index contributed by atoms with van der Waals surface area (Å²) in [5.41, 5.74) is 1.06. The summed E-state index contributed by atoms with van der Waals surface area (Å²) in [5.74, 6) is 0.783. The molecule has 0 bridgehead atoms. The molecule has 0 aliphatic heterocycles. The Morgan fingerprint density at radius 3 is 2.75 bits per heavy atom. The van der Waals surface area contributed by atoms with Gasteiger partial charge >= 0.3 is 0 Å². The van der Waals surface area contributed by atoms with Crippen LogP contribution in [0, 0.1) is 0 Å². The summed E-state index contributed by atoms with van der Waals surface area (Å²) in [6.07, 6.45) is 1.83. The molecule has 64 valence electrons. The van der Waals surface area contributed by atoms with E-state index in [2.05, 4.69) is 30.2 Å². The van der Waals surface area contributed by atoms with E-state index in [9.17, 15) is 0 Å². The molecule has 0 aliphatic rings. The van der Waals surface area contributed by atoms with E-state index in [1.807, 2.05) is 30.5 Å². The lowest BCUT2D eigenvalue weighted by Crippen LogP contribution is -1.86. The van der Waals surface area contributed by atoms with Crippen LogP contribution in [0.15, 0.2) is 34.2 Å². The van der Waals surface area contributed by atoms with Gasteiger partial charge in [-0.2, -0.15) is 12.6 Å². The standard InChI is InChI=1S/C9H11NS2/c11-6-5-10-7-8-3-1-2-4-9(8)12/h1-4,7,11-12H,5-6H2. The zero-order valence-electron chi connectivity index (χ0n) is 6.64. The van der Waals surface area contributed by atoms with E-state index >= 15 is 0 Å². The van der Waals surface area contributed by atoms with Crippen LogP contribution >= 0.6 is 25.3 Å². The van der Waals surface area contributed by atoms with Gasteiger partial charge in [-0.25, -0.2) is 0 Å². The zero-order chi connectivity index (χ0) is 8.81. The number of thiol groups is 2. The molecule has 0 unspecified atom stereocenters. The average Bonchev–Trinajstić information content (AvgIpc) is 2.09. The fourth-order valence-electron chi connectivity index (χ4n) is 0.817. The summed E-state index contributed by atoms with van der Waals surface area (Å²) < 4.78 is 0. The van der Waals surface area contributed by atoms with Crippen molar-refractivity contribution in [2.75, 3.05) is 12.3 Å². The molecule has 0 aliphatic carbocycles. The molecular weight excluding hydrogens is 186 g/mol. The van der Waals surface area contributed by atoms with E-state index in [0.29, 0.717) is 0 Å². The summed E-state index contributed by atoms with van der Waals surface area (Å²) >= 11 is 8.35. The first-order valence-corrected chi connectivity index (χ1v) is 4.81. The highest BCUT2D eigenvalue weighted by atomic mass is 32.1. The molecule has 12 heavy (non-hydrogen) atoms. The molecule has 0 heterocycles. The Balaban J connectivity index is 2.68. The Morgan fingerprint density at radius 1 is 1.33 bits per heavy atom. The van der Waals surface area contributed by atoms with Crippen LogP contribution in [0.5, 0.6) is 0 Å². The molecule has 0 N–H and O–H groups in total. The third-order valence-electron chi connectivity index (χ3n) is 1.40. The molecule has 3 heteroatoms. The Hall–Kier alpha value is -0.410. The number of hydrogen-bond acceptors (Lipinski definition) is 3. The van der Waals surface area contributed by atoms with Crippen molar-refractivity contribution >= 4 is 31.5 Å². The van der Waals surface area contributed by atoms with Gasteiger partial charge < -0.3 is 0 Å². The molecule has 1 nitrogen and oxygen atoms in total. The topological polar surface area (TPSA) is 12.4 Å². The van der Waals surface area contributed by atoms with E-state index in [1.165, 1.54) is 0 Å². The van der Waals surface area contributed by atoms with Crippen molar-refractivity contribution in [2.45, 2.75) is 4.90 Å². The molecule has 0 fully saturated rings. The van der Waals surface area contributed by atoms with Crippen molar-refractivity contribution in [2.24, 2.45) is 4.99 Å². The smallest absolute Gasteiger partial charge is 0.0477 e. The van der Waals surface area contributed by atoms with Gasteiger partial charge in [0.15, 0.2) is 0 Å². The minimum absolute atomic E-state index is 0.755. The lowest BCUT2D eigenvalue weighted by atomic mass is 10.2. The number of rotatable bonds is 3. The van der Waals surface area contributed by atoms with Crippen molar-refractivity contribution in [3.05, 3.63) is 29.8 Å². The molecule has 0 aromatic heterocycles. The maximum absolute atomic E-state index is 4.29. The van der Waals surface area contributed by atoms with E-state index < -0.39 is 0 Å². The summed E-state index contributed by atoms with van der Waals surface area (Å²) in [5, 5.41) is 0. The van der Waals surface area contributed by atoms with Crippen LogP contribution in [-0.2, 0) is 0 Å². The maximum Gasteiger partial charge on any atom is 0.0477 e. The van der Waals surface area contributed by atoms with E-state index in [-0.39, 0.29) is 0 Å². The summed E-state index contributed by atoms with van der Waals surface area (Å²) in [7, 11) is 0. The molecule has 0 radical (unpaired) electrons. The number of nitrogens with zero attached hydrogens (tertiary/aromatic N) is 1. The Labute approximate surface area is 83.7 Å². The molecule has 1 aromatic carbocycles. The minimum atomic E-state index is 0.755. The van der Waals surface area contributed by atoms with Crippen LogP contribution in [-0.4, -0.2) is 18.5 Å². The van der Waals surface area contributed by atoms with Gasteiger partial charge in [-0.05, 0) is 6.07 Å². The number of benzene rings is 1. The Bertz CT molecular complexity index is 271. The molecule has 0 atom stereocenters. The van der Waals surface area contributed by atoms with Gasteiger partial charge in [0.05, 0.1) is 0 Å². The molecule has 0 saturated carbocycles. The highest BCUT2D eigenvalue weighted by Crippen LogP contribution is 2.09.